The van der Waals surface area contributed by atoms with Gasteiger partial charge in [-0.25, -0.2) is 4.79 Å². The summed E-state index contributed by atoms with van der Waals surface area (Å²) in [5.74, 6) is -0.210. The maximum Gasteiger partial charge on any atom is 0.355 e. The SMILES string of the molecule is COc1cc(C)c(-c2nn(C)c(C(=O)O)c2Br)cc1C. The van der Waals surface area contributed by atoms with Crippen LogP contribution in [0.15, 0.2) is 16.6 Å². The lowest BCUT2D eigenvalue weighted by Gasteiger charge is -2.10. The van der Waals surface area contributed by atoms with Gasteiger partial charge in [0.1, 0.15) is 11.4 Å². The van der Waals surface area contributed by atoms with Gasteiger partial charge in [0, 0.05) is 12.6 Å². The minimum atomic E-state index is -1.01. The molecule has 0 aliphatic carbocycles. The summed E-state index contributed by atoms with van der Waals surface area (Å²) in [4.78, 5) is 11.2. The number of methoxy groups -OCH3 is 1. The van der Waals surface area contributed by atoms with Gasteiger partial charge in [-0.05, 0) is 53.0 Å². The lowest BCUT2D eigenvalue weighted by atomic mass is 10.0. The minimum absolute atomic E-state index is 0.132. The number of carboxylic acid groups (broad SMARTS) is 1. The lowest BCUT2D eigenvalue weighted by Crippen LogP contribution is -2.05. The summed E-state index contributed by atoms with van der Waals surface area (Å²) in [5.41, 5.74) is 3.59. The minimum Gasteiger partial charge on any atom is -0.496 e. The van der Waals surface area contributed by atoms with E-state index in [0.29, 0.717) is 10.2 Å². The van der Waals surface area contributed by atoms with Crippen molar-refractivity contribution in [3.63, 3.8) is 0 Å². The van der Waals surface area contributed by atoms with Gasteiger partial charge in [-0.15, -0.1) is 0 Å². The molecule has 2 aromatic rings. The van der Waals surface area contributed by atoms with Crippen LogP contribution in [0.5, 0.6) is 5.75 Å². The zero-order valence-corrected chi connectivity index (χ0v) is 13.3. The van der Waals surface area contributed by atoms with E-state index in [9.17, 15) is 9.90 Å². The Morgan fingerprint density at radius 1 is 1.35 bits per heavy atom. The Bertz CT molecular complexity index is 692. The summed E-state index contributed by atoms with van der Waals surface area (Å²) in [7, 11) is 3.24. The number of aryl methyl sites for hydroxylation is 3. The van der Waals surface area contributed by atoms with E-state index in [4.69, 9.17) is 4.74 Å². The summed E-state index contributed by atoms with van der Waals surface area (Å²) in [6.45, 7) is 3.88. The van der Waals surface area contributed by atoms with Gasteiger partial charge in [-0.3, -0.25) is 4.68 Å². The molecule has 0 aliphatic heterocycles. The summed E-state index contributed by atoms with van der Waals surface area (Å²) < 4.78 is 7.13. The molecule has 1 aromatic heterocycles. The first kappa shape index (κ1) is 14.6. The lowest BCUT2D eigenvalue weighted by molar-refractivity contribution is 0.0684. The van der Waals surface area contributed by atoms with Gasteiger partial charge in [-0.2, -0.15) is 5.10 Å². The van der Waals surface area contributed by atoms with Crippen LogP contribution in [0, 0.1) is 13.8 Å². The van der Waals surface area contributed by atoms with Gasteiger partial charge in [-0.1, -0.05) is 0 Å². The molecule has 0 fully saturated rings. The van der Waals surface area contributed by atoms with Crippen LogP contribution in [-0.4, -0.2) is 28.0 Å². The van der Waals surface area contributed by atoms with Crippen LogP contribution in [0.25, 0.3) is 11.3 Å². The molecule has 1 N–H and O–H groups in total. The summed E-state index contributed by atoms with van der Waals surface area (Å²) in [6.07, 6.45) is 0. The molecule has 1 aromatic carbocycles. The number of hydrogen-bond donors (Lipinski definition) is 1. The fraction of sp³-hybridized carbons (Fsp3) is 0.286. The maximum atomic E-state index is 11.2. The molecule has 0 aliphatic rings. The Balaban J connectivity index is 2.67. The largest absolute Gasteiger partial charge is 0.496 e. The zero-order valence-electron chi connectivity index (χ0n) is 11.7. The number of ether oxygens (including phenoxy) is 1. The van der Waals surface area contributed by atoms with Crippen molar-refractivity contribution in [3.05, 3.63) is 33.4 Å². The Morgan fingerprint density at radius 2 is 2.00 bits per heavy atom. The number of halogens is 1. The smallest absolute Gasteiger partial charge is 0.355 e. The van der Waals surface area contributed by atoms with Crippen molar-refractivity contribution in [3.8, 4) is 17.0 Å². The number of carboxylic acids is 1. The first-order valence-corrected chi connectivity index (χ1v) is 6.77. The van der Waals surface area contributed by atoms with Crippen molar-refractivity contribution in [2.45, 2.75) is 13.8 Å². The molecule has 0 saturated carbocycles. The highest BCUT2D eigenvalue weighted by Gasteiger charge is 2.22. The van der Waals surface area contributed by atoms with Crippen LogP contribution in [0.1, 0.15) is 21.6 Å². The standard InChI is InChI=1S/C14H15BrN2O3/c1-7-6-10(20-4)8(2)5-9(7)12-11(15)13(14(18)19)17(3)16-12/h5-6H,1-4H3,(H,18,19). The Morgan fingerprint density at radius 3 is 2.50 bits per heavy atom. The summed E-state index contributed by atoms with van der Waals surface area (Å²) in [6, 6.07) is 3.87. The molecule has 0 radical (unpaired) electrons. The predicted molar refractivity (Wildman–Crippen MR) is 79.3 cm³/mol. The van der Waals surface area contributed by atoms with Crippen LogP contribution in [-0.2, 0) is 7.05 Å². The number of rotatable bonds is 3. The fourth-order valence-electron chi connectivity index (χ4n) is 2.17. The van der Waals surface area contributed by atoms with E-state index in [-0.39, 0.29) is 5.69 Å². The molecule has 5 nitrogen and oxygen atoms in total. The van der Waals surface area contributed by atoms with E-state index in [2.05, 4.69) is 21.0 Å². The summed E-state index contributed by atoms with van der Waals surface area (Å²) in [5, 5.41) is 13.5. The normalized spacial score (nSPS) is 10.7. The second kappa shape index (κ2) is 5.28. The topological polar surface area (TPSA) is 64.4 Å². The van der Waals surface area contributed by atoms with E-state index in [0.717, 1.165) is 22.4 Å². The molecule has 2 rings (SSSR count). The highest BCUT2D eigenvalue weighted by molar-refractivity contribution is 9.10. The van der Waals surface area contributed by atoms with Crippen molar-refractivity contribution in [1.29, 1.82) is 0 Å². The van der Waals surface area contributed by atoms with Crippen LogP contribution in [0.2, 0.25) is 0 Å². The Hall–Kier alpha value is -1.82. The molecule has 106 valence electrons. The van der Waals surface area contributed by atoms with Crippen LogP contribution < -0.4 is 4.74 Å². The fourth-order valence-corrected chi connectivity index (χ4v) is 2.89. The third-order valence-corrected chi connectivity index (χ3v) is 3.94. The highest BCUT2D eigenvalue weighted by Crippen LogP contribution is 2.35. The molecule has 20 heavy (non-hydrogen) atoms. The monoisotopic (exact) mass is 338 g/mol. The molecule has 0 atom stereocenters. The van der Waals surface area contributed by atoms with E-state index < -0.39 is 5.97 Å². The number of carbonyl (C=O) groups is 1. The number of benzene rings is 1. The average molecular weight is 339 g/mol. The highest BCUT2D eigenvalue weighted by atomic mass is 79.9. The second-order valence-electron chi connectivity index (χ2n) is 4.58. The number of aromatic nitrogens is 2. The van der Waals surface area contributed by atoms with E-state index in [1.165, 1.54) is 4.68 Å². The first-order valence-electron chi connectivity index (χ1n) is 5.98. The van der Waals surface area contributed by atoms with E-state index >= 15 is 0 Å². The third-order valence-electron chi connectivity index (χ3n) is 3.19. The molecule has 0 unspecified atom stereocenters. The van der Waals surface area contributed by atoms with Gasteiger partial charge >= 0.3 is 5.97 Å². The predicted octanol–water partition coefficient (Wildman–Crippen LogP) is 3.17. The van der Waals surface area contributed by atoms with Crippen molar-refractivity contribution in [2.24, 2.45) is 7.05 Å². The molecule has 0 amide bonds. The van der Waals surface area contributed by atoms with Crippen molar-refractivity contribution in [2.75, 3.05) is 7.11 Å². The molecule has 0 bridgehead atoms. The van der Waals surface area contributed by atoms with Crippen molar-refractivity contribution < 1.29 is 14.6 Å². The number of nitrogens with zero attached hydrogens (tertiary/aromatic N) is 2. The summed E-state index contributed by atoms with van der Waals surface area (Å²) >= 11 is 3.34. The molecular formula is C14H15BrN2O3. The zero-order chi connectivity index (χ0) is 15.0. The maximum absolute atomic E-state index is 11.2. The van der Waals surface area contributed by atoms with Gasteiger partial charge in [0.15, 0.2) is 5.69 Å². The number of aromatic carboxylic acids is 1. The third kappa shape index (κ3) is 2.31. The number of hydrogen-bond acceptors (Lipinski definition) is 3. The Kier molecular flexibility index (Phi) is 3.85. The van der Waals surface area contributed by atoms with Gasteiger partial charge < -0.3 is 9.84 Å². The molecular weight excluding hydrogens is 324 g/mol. The quantitative estimate of drug-likeness (QED) is 0.933. The molecule has 6 heteroatoms. The average Bonchev–Trinajstić information content (AvgIpc) is 2.67. The van der Waals surface area contributed by atoms with Crippen LogP contribution in [0.4, 0.5) is 0 Å². The first-order chi connectivity index (χ1) is 9.36. The van der Waals surface area contributed by atoms with Gasteiger partial charge in [0.25, 0.3) is 0 Å². The van der Waals surface area contributed by atoms with Gasteiger partial charge in [0.2, 0.25) is 0 Å². The van der Waals surface area contributed by atoms with Gasteiger partial charge in [0.05, 0.1) is 11.6 Å². The molecule has 1 heterocycles. The van der Waals surface area contributed by atoms with Crippen molar-refractivity contribution in [1.82, 2.24) is 9.78 Å². The van der Waals surface area contributed by atoms with E-state index in [1.807, 2.05) is 26.0 Å². The second-order valence-corrected chi connectivity index (χ2v) is 5.37. The Labute approximate surface area is 125 Å². The van der Waals surface area contributed by atoms with Crippen molar-refractivity contribution >= 4 is 21.9 Å². The van der Waals surface area contributed by atoms with E-state index in [1.54, 1.807) is 14.2 Å². The van der Waals surface area contributed by atoms with Crippen LogP contribution in [0.3, 0.4) is 0 Å². The molecule has 0 saturated heterocycles. The van der Waals surface area contributed by atoms with Crippen LogP contribution >= 0.6 is 15.9 Å². The molecule has 0 spiro atoms.